The summed E-state index contributed by atoms with van der Waals surface area (Å²) in [5.41, 5.74) is 3.14. The van der Waals surface area contributed by atoms with Crippen molar-refractivity contribution in [2.24, 2.45) is 0 Å². The molecule has 0 bridgehead atoms. The lowest BCUT2D eigenvalue weighted by atomic mass is 10.1. The molecule has 0 amide bonds. The van der Waals surface area contributed by atoms with Crippen LogP contribution in [-0.2, 0) is 0 Å². The highest BCUT2D eigenvalue weighted by atomic mass is 16.5. The number of fused-ring (bicyclic) bond motifs is 3. The molecule has 24 heavy (non-hydrogen) atoms. The van der Waals surface area contributed by atoms with Crippen molar-refractivity contribution in [3.8, 4) is 17.0 Å². The van der Waals surface area contributed by atoms with Crippen LogP contribution in [-0.4, -0.2) is 27.8 Å². The van der Waals surface area contributed by atoms with Crippen LogP contribution < -0.4 is 4.74 Å². The number of ether oxygens (including phenoxy) is 1. The first-order chi connectivity index (χ1) is 11.7. The summed E-state index contributed by atoms with van der Waals surface area (Å²) in [6.07, 6.45) is 0. The van der Waals surface area contributed by atoms with Crippen molar-refractivity contribution >= 4 is 27.8 Å². The predicted molar refractivity (Wildman–Crippen MR) is 93.3 cm³/mol. The molecule has 0 saturated heterocycles. The Balaban J connectivity index is 1.98. The number of aromatic nitrogens is 3. The van der Waals surface area contributed by atoms with Gasteiger partial charge in [-0.1, -0.05) is 18.2 Å². The Bertz CT molecular complexity index is 1070. The number of rotatable bonds is 2. The lowest BCUT2D eigenvalue weighted by Gasteiger charge is -2.03. The van der Waals surface area contributed by atoms with Crippen LogP contribution in [0.4, 0.5) is 0 Å². The van der Waals surface area contributed by atoms with Gasteiger partial charge in [-0.15, -0.1) is 10.2 Å². The average Bonchev–Trinajstić information content (AvgIpc) is 2.95. The minimum Gasteiger partial charge on any atom is -0.497 e. The minimum absolute atomic E-state index is 0.0762. The molecule has 0 N–H and O–H groups in total. The van der Waals surface area contributed by atoms with E-state index >= 15 is 0 Å². The van der Waals surface area contributed by atoms with E-state index in [-0.39, 0.29) is 5.91 Å². The van der Waals surface area contributed by atoms with E-state index in [4.69, 9.17) is 4.74 Å². The zero-order chi connectivity index (χ0) is 16.7. The van der Waals surface area contributed by atoms with Gasteiger partial charge < -0.3 is 4.74 Å². The monoisotopic (exact) mass is 317 g/mol. The molecule has 0 aliphatic carbocycles. The van der Waals surface area contributed by atoms with E-state index in [1.165, 1.54) is 6.92 Å². The number of carbonyl (C=O) groups excluding carboxylic acids is 1. The predicted octanol–water partition coefficient (Wildman–Crippen LogP) is 3.92. The maximum absolute atomic E-state index is 12.0. The third-order valence-electron chi connectivity index (χ3n) is 4.12. The fraction of sp³-hybridized carbons (Fsp3) is 0.105. The Morgan fingerprint density at radius 1 is 1.00 bits per heavy atom. The zero-order valence-corrected chi connectivity index (χ0v) is 13.4. The summed E-state index contributed by atoms with van der Waals surface area (Å²) in [5, 5.41) is 10.5. The smallest absolute Gasteiger partial charge is 0.229 e. The van der Waals surface area contributed by atoms with Crippen LogP contribution in [0.5, 0.6) is 5.75 Å². The second-order valence-electron chi connectivity index (χ2n) is 5.57. The second kappa shape index (κ2) is 5.45. The van der Waals surface area contributed by atoms with Crippen LogP contribution in [0.2, 0.25) is 0 Å². The molecule has 0 saturated carbocycles. The van der Waals surface area contributed by atoms with Crippen LogP contribution >= 0.6 is 0 Å². The molecular weight excluding hydrogens is 302 g/mol. The van der Waals surface area contributed by atoms with Crippen LogP contribution in [0.3, 0.4) is 0 Å². The molecule has 0 spiro atoms. The fourth-order valence-electron chi connectivity index (χ4n) is 2.98. The zero-order valence-electron chi connectivity index (χ0n) is 13.4. The largest absolute Gasteiger partial charge is 0.497 e. The molecule has 0 unspecified atom stereocenters. The van der Waals surface area contributed by atoms with Gasteiger partial charge in [0.2, 0.25) is 5.91 Å². The van der Waals surface area contributed by atoms with Gasteiger partial charge in [0.1, 0.15) is 5.75 Å². The summed E-state index contributed by atoms with van der Waals surface area (Å²) in [7, 11) is 1.64. The van der Waals surface area contributed by atoms with Crippen molar-refractivity contribution in [3.05, 3.63) is 54.6 Å². The van der Waals surface area contributed by atoms with Gasteiger partial charge in [0.15, 0.2) is 5.65 Å². The van der Waals surface area contributed by atoms with E-state index in [0.717, 1.165) is 33.3 Å². The fourth-order valence-corrected chi connectivity index (χ4v) is 2.98. The van der Waals surface area contributed by atoms with Crippen molar-refractivity contribution in [1.29, 1.82) is 0 Å². The Labute approximate surface area is 138 Å². The van der Waals surface area contributed by atoms with Gasteiger partial charge in [-0.3, -0.25) is 9.36 Å². The minimum atomic E-state index is -0.0762. The molecule has 2 aromatic heterocycles. The molecule has 0 aliphatic heterocycles. The molecule has 5 heteroatoms. The van der Waals surface area contributed by atoms with Crippen molar-refractivity contribution < 1.29 is 9.53 Å². The topological polar surface area (TPSA) is 57.0 Å². The molecule has 4 rings (SSSR count). The van der Waals surface area contributed by atoms with Gasteiger partial charge in [0.25, 0.3) is 0 Å². The lowest BCUT2D eigenvalue weighted by molar-refractivity contribution is 0.0945. The van der Waals surface area contributed by atoms with E-state index in [1.807, 2.05) is 54.6 Å². The van der Waals surface area contributed by atoms with E-state index in [9.17, 15) is 4.79 Å². The van der Waals surface area contributed by atoms with Gasteiger partial charge in [-0.05, 0) is 36.4 Å². The molecule has 2 aromatic carbocycles. The maximum atomic E-state index is 12.0. The van der Waals surface area contributed by atoms with E-state index in [1.54, 1.807) is 11.7 Å². The van der Waals surface area contributed by atoms with E-state index in [2.05, 4.69) is 10.2 Å². The summed E-state index contributed by atoms with van der Waals surface area (Å²) < 4.78 is 6.79. The first kappa shape index (κ1) is 14.4. The molecule has 0 aliphatic rings. The summed E-state index contributed by atoms with van der Waals surface area (Å²) in [6.45, 7) is 1.53. The van der Waals surface area contributed by atoms with Gasteiger partial charge in [-0.2, -0.15) is 0 Å². The molecule has 0 fully saturated rings. The standard InChI is InChI=1S/C19H15N3O2/c1-12(23)22-18-6-4-3-5-15(18)16-11-17(20-21-19(16)22)13-7-9-14(24-2)10-8-13/h3-11H,1-2H3. The summed E-state index contributed by atoms with van der Waals surface area (Å²) in [5.74, 6) is 0.716. The van der Waals surface area contributed by atoms with Crippen LogP contribution in [0, 0.1) is 0 Å². The molecule has 118 valence electrons. The lowest BCUT2D eigenvalue weighted by Crippen LogP contribution is -2.06. The average molecular weight is 317 g/mol. The third-order valence-corrected chi connectivity index (χ3v) is 4.12. The summed E-state index contributed by atoms with van der Waals surface area (Å²) >= 11 is 0. The number of methoxy groups -OCH3 is 1. The Morgan fingerprint density at radius 2 is 1.75 bits per heavy atom. The Morgan fingerprint density at radius 3 is 2.46 bits per heavy atom. The highest BCUT2D eigenvalue weighted by Gasteiger charge is 2.15. The Kier molecular flexibility index (Phi) is 3.27. The number of carbonyl (C=O) groups is 1. The second-order valence-corrected chi connectivity index (χ2v) is 5.57. The van der Waals surface area contributed by atoms with Crippen molar-refractivity contribution in [2.45, 2.75) is 6.92 Å². The van der Waals surface area contributed by atoms with Crippen molar-refractivity contribution in [2.75, 3.05) is 7.11 Å². The number of para-hydroxylation sites is 1. The highest BCUT2D eigenvalue weighted by Crippen LogP contribution is 2.30. The van der Waals surface area contributed by atoms with Gasteiger partial charge >= 0.3 is 0 Å². The number of benzene rings is 2. The third kappa shape index (κ3) is 2.13. The SMILES string of the molecule is COc1ccc(-c2cc3c4ccccc4n(C(C)=O)c3nn2)cc1. The van der Waals surface area contributed by atoms with Gasteiger partial charge in [0.05, 0.1) is 18.3 Å². The highest BCUT2D eigenvalue weighted by molar-refractivity contribution is 6.12. The molecule has 0 radical (unpaired) electrons. The molecule has 5 nitrogen and oxygen atoms in total. The number of hydrogen-bond acceptors (Lipinski definition) is 4. The van der Waals surface area contributed by atoms with Gasteiger partial charge in [-0.25, -0.2) is 0 Å². The summed E-state index contributed by atoms with van der Waals surface area (Å²) in [4.78, 5) is 12.0. The summed E-state index contributed by atoms with van der Waals surface area (Å²) in [6, 6.07) is 17.4. The normalized spacial score (nSPS) is 11.1. The number of hydrogen-bond donors (Lipinski definition) is 0. The molecule has 0 atom stereocenters. The van der Waals surface area contributed by atoms with Crippen LogP contribution in [0.1, 0.15) is 11.7 Å². The first-order valence-electron chi connectivity index (χ1n) is 7.61. The molecule has 2 heterocycles. The van der Waals surface area contributed by atoms with Crippen LogP contribution in [0.15, 0.2) is 54.6 Å². The van der Waals surface area contributed by atoms with Crippen molar-refractivity contribution in [1.82, 2.24) is 14.8 Å². The van der Waals surface area contributed by atoms with Crippen molar-refractivity contribution in [3.63, 3.8) is 0 Å². The van der Waals surface area contributed by atoms with E-state index < -0.39 is 0 Å². The Hall–Kier alpha value is -3.21. The van der Waals surface area contributed by atoms with Gasteiger partial charge in [0, 0.05) is 23.3 Å². The van der Waals surface area contributed by atoms with Crippen LogP contribution in [0.25, 0.3) is 33.2 Å². The van der Waals surface area contributed by atoms with E-state index in [0.29, 0.717) is 5.65 Å². The quantitative estimate of drug-likeness (QED) is 0.562. The maximum Gasteiger partial charge on any atom is 0.229 e. The number of nitrogens with zero attached hydrogens (tertiary/aromatic N) is 3. The first-order valence-corrected chi connectivity index (χ1v) is 7.61. The molecular formula is C19H15N3O2. The molecule has 4 aromatic rings.